The van der Waals surface area contributed by atoms with Crippen LogP contribution in [0.2, 0.25) is 0 Å². The summed E-state index contributed by atoms with van der Waals surface area (Å²) < 4.78 is 16.7. The van der Waals surface area contributed by atoms with Gasteiger partial charge in [-0.05, 0) is 55.0 Å². The zero-order valence-corrected chi connectivity index (χ0v) is 12.3. The van der Waals surface area contributed by atoms with Gasteiger partial charge in [0.1, 0.15) is 5.75 Å². The van der Waals surface area contributed by atoms with Gasteiger partial charge in [-0.3, -0.25) is 0 Å². The SMILES string of the molecule is COc1ccc2c(c1)CCC/C2=C\CC1(C)OCCO1. The van der Waals surface area contributed by atoms with E-state index in [1.165, 1.54) is 23.1 Å². The first-order valence-corrected chi connectivity index (χ1v) is 7.34. The fourth-order valence-corrected chi connectivity index (χ4v) is 3.02. The number of rotatable bonds is 3. The van der Waals surface area contributed by atoms with Gasteiger partial charge in [-0.1, -0.05) is 12.1 Å². The summed E-state index contributed by atoms with van der Waals surface area (Å²) in [5.74, 6) is 0.510. The molecule has 1 aromatic rings. The van der Waals surface area contributed by atoms with Crippen LogP contribution in [0.4, 0.5) is 0 Å². The molecule has 1 aliphatic carbocycles. The maximum atomic E-state index is 5.67. The molecular weight excluding hydrogens is 252 g/mol. The fraction of sp³-hybridized carbons (Fsp3) is 0.529. The predicted molar refractivity (Wildman–Crippen MR) is 78.8 cm³/mol. The largest absolute Gasteiger partial charge is 0.497 e. The lowest BCUT2D eigenvalue weighted by Crippen LogP contribution is -2.24. The molecule has 0 saturated carbocycles. The lowest BCUT2D eigenvalue weighted by atomic mass is 9.86. The molecule has 0 N–H and O–H groups in total. The summed E-state index contributed by atoms with van der Waals surface area (Å²) in [5, 5.41) is 0. The molecule has 3 rings (SSSR count). The molecule has 0 atom stereocenters. The summed E-state index contributed by atoms with van der Waals surface area (Å²) in [6.45, 7) is 3.43. The Kier molecular flexibility index (Phi) is 3.81. The standard InChI is InChI=1S/C17H22O3/c1-17(19-10-11-20-17)9-8-13-4-3-5-14-12-15(18-2)6-7-16(13)14/h6-8,12H,3-5,9-11H2,1-2H3/b13-8+. The van der Waals surface area contributed by atoms with E-state index in [0.717, 1.165) is 25.0 Å². The smallest absolute Gasteiger partial charge is 0.169 e. The summed E-state index contributed by atoms with van der Waals surface area (Å²) in [6.07, 6.45) is 6.57. The van der Waals surface area contributed by atoms with Gasteiger partial charge in [0.15, 0.2) is 5.79 Å². The van der Waals surface area contributed by atoms with E-state index < -0.39 is 5.79 Å². The number of aryl methyl sites for hydroxylation is 1. The van der Waals surface area contributed by atoms with Crippen LogP contribution in [0.25, 0.3) is 5.57 Å². The van der Waals surface area contributed by atoms with E-state index in [-0.39, 0.29) is 0 Å². The van der Waals surface area contributed by atoms with Crippen LogP contribution in [0.3, 0.4) is 0 Å². The average Bonchev–Trinajstić information content (AvgIpc) is 2.91. The first kappa shape index (κ1) is 13.7. The van der Waals surface area contributed by atoms with E-state index in [0.29, 0.717) is 13.2 Å². The Labute approximate surface area is 120 Å². The van der Waals surface area contributed by atoms with Crippen LogP contribution in [0, 0.1) is 0 Å². The molecule has 1 saturated heterocycles. The van der Waals surface area contributed by atoms with E-state index in [2.05, 4.69) is 18.2 Å². The second-order valence-corrected chi connectivity index (χ2v) is 5.64. The molecule has 1 aliphatic heterocycles. The Balaban J connectivity index is 1.82. The van der Waals surface area contributed by atoms with Crippen molar-refractivity contribution in [2.45, 2.75) is 38.4 Å². The van der Waals surface area contributed by atoms with Crippen molar-refractivity contribution in [3.05, 3.63) is 35.4 Å². The maximum absolute atomic E-state index is 5.67. The van der Waals surface area contributed by atoms with E-state index in [9.17, 15) is 0 Å². The number of allylic oxidation sites excluding steroid dienone is 1. The minimum absolute atomic E-state index is 0.433. The minimum atomic E-state index is -0.433. The molecule has 0 unspecified atom stereocenters. The van der Waals surface area contributed by atoms with Crippen molar-refractivity contribution in [2.24, 2.45) is 0 Å². The quantitative estimate of drug-likeness (QED) is 0.843. The zero-order chi connectivity index (χ0) is 14.0. The highest BCUT2D eigenvalue weighted by Gasteiger charge is 2.30. The van der Waals surface area contributed by atoms with Gasteiger partial charge in [-0.2, -0.15) is 0 Å². The summed E-state index contributed by atoms with van der Waals surface area (Å²) in [6, 6.07) is 6.38. The molecule has 1 heterocycles. The molecule has 0 aromatic heterocycles. The van der Waals surface area contributed by atoms with Crippen LogP contribution < -0.4 is 4.74 Å². The van der Waals surface area contributed by atoms with Crippen molar-refractivity contribution in [1.82, 2.24) is 0 Å². The monoisotopic (exact) mass is 274 g/mol. The van der Waals surface area contributed by atoms with Gasteiger partial charge in [-0.15, -0.1) is 0 Å². The molecule has 0 spiro atoms. The van der Waals surface area contributed by atoms with Crippen molar-refractivity contribution in [1.29, 1.82) is 0 Å². The Hall–Kier alpha value is -1.32. The first-order valence-electron chi connectivity index (χ1n) is 7.34. The van der Waals surface area contributed by atoms with Crippen LogP contribution in [0.5, 0.6) is 5.75 Å². The van der Waals surface area contributed by atoms with Crippen molar-refractivity contribution in [3.8, 4) is 5.75 Å². The number of hydrogen-bond acceptors (Lipinski definition) is 3. The predicted octanol–water partition coefficient (Wildman–Crippen LogP) is 3.57. The number of ether oxygens (including phenoxy) is 3. The third-order valence-electron chi connectivity index (χ3n) is 4.17. The highest BCUT2D eigenvalue weighted by Crippen LogP contribution is 2.34. The zero-order valence-electron chi connectivity index (χ0n) is 12.3. The average molecular weight is 274 g/mol. The van der Waals surface area contributed by atoms with E-state index in [4.69, 9.17) is 14.2 Å². The fourth-order valence-electron chi connectivity index (χ4n) is 3.02. The summed E-state index contributed by atoms with van der Waals surface area (Å²) >= 11 is 0. The summed E-state index contributed by atoms with van der Waals surface area (Å²) in [7, 11) is 1.72. The molecule has 2 aliphatic rings. The van der Waals surface area contributed by atoms with Gasteiger partial charge in [0.05, 0.1) is 20.3 Å². The van der Waals surface area contributed by atoms with Crippen molar-refractivity contribution < 1.29 is 14.2 Å². The van der Waals surface area contributed by atoms with E-state index in [1.807, 2.05) is 13.0 Å². The molecule has 0 radical (unpaired) electrons. The summed E-state index contributed by atoms with van der Waals surface area (Å²) in [4.78, 5) is 0. The number of hydrogen-bond donors (Lipinski definition) is 0. The van der Waals surface area contributed by atoms with Gasteiger partial charge >= 0.3 is 0 Å². The molecule has 20 heavy (non-hydrogen) atoms. The van der Waals surface area contributed by atoms with Crippen LogP contribution in [0.15, 0.2) is 24.3 Å². The van der Waals surface area contributed by atoms with Gasteiger partial charge < -0.3 is 14.2 Å². The Morgan fingerprint density at radius 1 is 1.25 bits per heavy atom. The number of benzene rings is 1. The van der Waals surface area contributed by atoms with Crippen molar-refractivity contribution in [3.63, 3.8) is 0 Å². The highest BCUT2D eigenvalue weighted by molar-refractivity contribution is 5.70. The normalized spacial score (nSPS) is 22.8. The Morgan fingerprint density at radius 3 is 2.80 bits per heavy atom. The third kappa shape index (κ3) is 2.74. The molecule has 3 nitrogen and oxygen atoms in total. The van der Waals surface area contributed by atoms with Crippen LogP contribution in [-0.4, -0.2) is 26.1 Å². The van der Waals surface area contributed by atoms with Crippen molar-refractivity contribution >= 4 is 5.57 Å². The van der Waals surface area contributed by atoms with Crippen LogP contribution >= 0.6 is 0 Å². The van der Waals surface area contributed by atoms with Gasteiger partial charge in [0.25, 0.3) is 0 Å². The van der Waals surface area contributed by atoms with Crippen LogP contribution in [0.1, 0.15) is 37.3 Å². The lowest BCUT2D eigenvalue weighted by molar-refractivity contribution is -0.138. The number of methoxy groups -OCH3 is 1. The molecule has 0 bridgehead atoms. The first-order chi connectivity index (χ1) is 9.70. The highest BCUT2D eigenvalue weighted by atomic mass is 16.7. The minimum Gasteiger partial charge on any atom is -0.497 e. The maximum Gasteiger partial charge on any atom is 0.169 e. The molecule has 3 heteroatoms. The Bertz CT molecular complexity index is 513. The van der Waals surface area contributed by atoms with Gasteiger partial charge in [-0.25, -0.2) is 0 Å². The molecule has 108 valence electrons. The summed E-state index contributed by atoms with van der Waals surface area (Å²) in [5.41, 5.74) is 4.16. The van der Waals surface area contributed by atoms with Gasteiger partial charge in [0.2, 0.25) is 0 Å². The Morgan fingerprint density at radius 2 is 2.05 bits per heavy atom. The van der Waals surface area contributed by atoms with E-state index in [1.54, 1.807) is 7.11 Å². The number of fused-ring (bicyclic) bond motifs is 1. The molecular formula is C17H22O3. The van der Waals surface area contributed by atoms with E-state index >= 15 is 0 Å². The molecule has 0 amide bonds. The molecule has 1 fully saturated rings. The lowest BCUT2D eigenvalue weighted by Gasteiger charge is -2.23. The van der Waals surface area contributed by atoms with Gasteiger partial charge in [0, 0.05) is 6.42 Å². The molecule has 1 aromatic carbocycles. The van der Waals surface area contributed by atoms with Crippen molar-refractivity contribution in [2.75, 3.05) is 20.3 Å². The topological polar surface area (TPSA) is 27.7 Å². The van der Waals surface area contributed by atoms with Crippen LogP contribution in [-0.2, 0) is 15.9 Å². The second-order valence-electron chi connectivity index (χ2n) is 5.64. The second kappa shape index (κ2) is 5.58. The third-order valence-corrected chi connectivity index (χ3v) is 4.17.